The Morgan fingerprint density at radius 2 is 1.94 bits per heavy atom. The Morgan fingerprint density at radius 1 is 1.25 bits per heavy atom. The van der Waals surface area contributed by atoms with E-state index in [0.717, 1.165) is 43.1 Å². The van der Waals surface area contributed by atoms with E-state index in [1.807, 2.05) is 18.2 Å². The molecule has 0 saturated carbocycles. The molecular weight excluding hydrogens is 243 g/mol. The maximum absolute atomic E-state index is 6.45. The molecule has 1 aliphatic heterocycles. The zero-order valence-electron chi connectivity index (χ0n) is 9.16. The van der Waals surface area contributed by atoms with Crippen LogP contribution in [0.5, 0.6) is 0 Å². The molecule has 1 heterocycles. The summed E-state index contributed by atoms with van der Waals surface area (Å²) < 4.78 is 5.34. The normalized spacial score (nSPS) is 19.6. The summed E-state index contributed by atoms with van der Waals surface area (Å²) in [5.74, 6) is 0.562. The van der Waals surface area contributed by atoms with Crippen LogP contribution in [0.2, 0.25) is 5.02 Å². The third-order valence-electron chi connectivity index (χ3n) is 3.15. The fourth-order valence-corrected chi connectivity index (χ4v) is 2.75. The minimum Gasteiger partial charge on any atom is -0.381 e. The van der Waals surface area contributed by atoms with Crippen LogP contribution in [0, 0.1) is 5.92 Å². The molecule has 88 valence electrons. The lowest BCUT2D eigenvalue weighted by Gasteiger charge is -2.26. The second-order valence-corrected chi connectivity index (χ2v) is 5.23. The van der Waals surface area contributed by atoms with Crippen LogP contribution in [0.25, 0.3) is 0 Å². The molecule has 0 aliphatic carbocycles. The molecular formula is C13H16Cl2O. The van der Waals surface area contributed by atoms with Crippen molar-refractivity contribution in [3.63, 3.8) is 0 Å². The monoisotopic (exact) mass is 258 g/mol. The Balaban J connectivity index is 1.96. The number of rotatable bonds is 3. The van der Waals surface area contributed by atoms with Crippen molar-refractivity contribution >= 4 is 23.2 Å². The summed E-state index contributed by atoms with van der Waals surface area (Å²) in [7, 11) is 0. The van der Waals surface area contributed by atoms with Gasteiger partial charge in [0, 0.05) is 23.6 Å². The van der Waals surface area contributed by atoms with E-state index in [2.05, 4.69) is 6.07 Å². The molecule has 1 atom stereocenters. The van der Waals surface area contributed by atoms with E-state index in [0.29, 0.717) is 5.92 Å². The van der Waals surface area contributed by atoms with Crippen LogP contribution in [0.1, 0.15) is 18.4 Å². The first kappa shape index (κ1) is 12.2. The molecule has 1 aliphatic rings. The quantitative estimate of drug-likeness (QED) is 0.747. The highest BCUT2D eigenvalue weighted by atomic mass is 35.5. The van der Waals surface area contributed by atoms with Crippen molar-refractivity contribution < 1.29 is 4.74 Å². The van der Waals surface area contributed by atoms with Crippen molar-refractivity contribution in [2.75, 3.05) is 13.2 Å². The van der Waals surface area contributed by atoms with Crippen LogP contribution in [0.4, 0.5) is 0 Å². The van der Waals surface area contributed by atoms with Crippen LogP contribution >= 0.6 is 23.2 Å². The molecule has 0 radical (unpaired) electrons. The minimum absolute atomic E-state index is 0.170. The van der Waals surface area contributed by atoms with E-state index < -0.39 is 0 Å². The number of hydrogen-bond donors (Lipinski definition) is 0. The summed E-state index contributed by atoms with van der Waals surface area (Å²) in [4.78, 5) is 0. The summed E-state index contributed by atoms with van der Waals surface area (Å²) in [6.07, 6.45) is 2.99. The molecule has 1 aromatic carbocycles. The van der Waals surface area contributed by atoms with Crippen molar-refractivity contribution in [3.05, 3.63) is 34.9 Å². The number of halogens is 2. The van der Waals surface area contributed by atoms with Crippen LogP contribution in [-0.2, 0) is 11.2 Å². The molecule has 1 nitrogen and oxygen atoms in total. The van der Waals surface area contributed by atoms with Gasteiger partial charge >= 0.3 is 0 Å². The average molecular weight is 259 g/mol. The number of ether oxygens (including phenoxy) is 1. The first-order valence-corrected chi connectivity index (χ1v) is 6.54. The van der Waals surface area contributed by atoms with Gasteiger partial charge in [-0.1, -0.05) is 29.8 Å². The average Bonchev–Trinajstić information content (AvgIpc) is 2.33. The molecule has 1 unspecified atom stereocenters. The van der Waals surface area contributed by atoms with Gasteiger partial charge in [-0.05, 0) is 36.8 Å². The Labute approximate surface area is 107 Å². The van der Waals surface area contributed by atoms with Crippen LogP contribution in [-0.4, -0.2) is 18.6 Å². The maximum Gasteiger partial charge on any atom is 0.0469 e. The number of hydrogen-bond acceptors (Lipinski definition) is 1. The Morgan fingerprint density at radius 3 is 2.62 bits per heavy atom. The molecule has 3 heteroatoms. The van der Waals surface area contributed by atoms with Crippen molar-refractivity contribution in [2.45, 2.75) is 24.6 Å². The lowest BCUT2D eigenvalue weighted by Crippen LogP contribution is -2.25. The SMILES string of the molecule is Clc1ccccc1CC(Cl)C1CCOCC1. The van der Waals surface area contributed by atoms with Gasteiger partial charge in [-0.25, -0.2) is 0 Å². The fraction of sp³-hybridized carbons (Fsp3) is 0.538. The second kappa shape index (κ2) is 5.90. The highest BCUT2D eigenvalue weighted by Crippen LogP contribution is 2.27. The summed E-state index contributed by atoms with van der Waals surface area (Å²) in [6, 6.07) is 7.93. The molecule has 1 fully saturated rings. The van der Waals surface area contributed by atoms with Crippen molar-refractivity contribution in [3.8, 4) is 0 Å². The van der Waals surface area contributed by atoms with Gasteiger partial charge in [-0.2, -0.15) is 0 Å². The van der Waals surface area contributed by atoms with E-state index in [1.165, 1.54) is 0 Å². The highest BCUT2D eigenvalue weighted by molar-refractivity contribution is 6.31. The van der Waals surface area contributed by atoms with Crippen LogP contribution < -0.4 is 0 Å². The van der Waals surface area contributed by atoms with Gasteiger partial charge in [-0.15, -0.1) is 11.6 Å². The van der Waals surface area contributed by atoms with Crippen molar-refractivity contribution in [2.24, 2.45) is 5.92 Å². The van der Waals surface area contributed by atoms with Crippen LogP contribution in [0.15, 0.2) is 24.3 Å². The maximum atomic E-state index is 6.45. The van der Waals surface area contributed by atoms with E-state index in [9.17, 15) is 0 Å². The Kier molecular flexibility index (Phi) is 4.51. The van der Waals surface area contributed by atoms with Gasteiger partial charge in [0.15, 0.2) is 0 Å². The number of alkyl halides is 1. The topological polar surface area (TPSA) is 9.23 Å². The molecule has 0 N–H and O–H groups in total. The lowest BCUT2D eigenvalue weighted by atomic mass is 9.92. The molecule has 0 amide bonds. The van der Waals surface area contributed by atoms with Crippen LogP contribution in [0.3, 0.4) is 0 Å². The smallest absolute Gasteiger partial charge is 0.0469 e. The minimum atomic E-state index is 0.170. The Hall–Kier alpha value is -0.240. The van der Waals surface area contributed by atoms with E-state index >= 15 is 0 Å². The largest absolute Gasteiger partial charge is 0.381 e. The van der Waals surface area contributed by atoms with Gasteiger partial charge in [0.2, 0.25) is 0 Å². The lowest BCUT2D eigenvalue weighted by molar-refractivity contribution is 0.0651. The first-order valence-electron chi connectivity index (χ1n) is 5.72. The predicted molar refractivity (Wildman–Crippen MR) is 68.3 cm³/mol. The fourth-order valence-electron chi connectivity index (χ4n) is 2.12. The molecule has 0 aromatic heterocycles. The molecule has 2 rings (SSSR count). The predicted octanol–water partition coefficient (Wildman–Crippen LogP) is 3.92. The van der Waals surface area contributed by atoms with Gasteiger partial charge < -0.3 is 4.74 Å². The van der Waals surface area contributed by atoms with E-state index in [4.69, 9.17) is 27.9 Å². The highest BCUT2D eigenvalue weighted by Gasteiger charge is 2.22. The van der Waals surface area contributed by atoms with Gasteiger partial charge in [0.1, 0.15) is 0 Å². The van der Waals surface area contributed by atoms with Gasteiger partial charge in [0.05, 0.1) is 0 Å². The molecule has 1 saturated heterocycles. The van der Waals surface area contributed by atoms with Crippen molar-refractivity contribution in [1.82, 2.24) is 0 Å². The molecule has 0 bridgehead atoms. The zero-order chi connectivity index (χ0) is 11.4. The van der Waals surface area contributed by atoms with Gasteiger partial charge in [-0.3, -0.25) is 0 Å². The number of benzene rings is 1. The van der Waals surface area contributed by atoms with Crippen molar-refractivity contribution in [1.29, 1.82) is 0 Å². The molecule has 1 aromatic rings. The first-order chi connectivity index (χ1) is 7.77. The third kappa shape index (κ3) is 3.13. The summed E-state index contributed by atoms with van der Waals surface area (Å²) >= 11 is 12.6. The standard InChI is InChI=1S/C13H16Cl2O/c14-12-4-2-1-3-11(12)9-13(15)10-5-7-16-8-6-10/h1-4,10,13H,5-9H2. The van der Waals surface area contributed by atoms with E-state index in [1.54, 1.807) is 0 Å². The van der Waals surface area contributed by atoms with Gasteiger partial charge in [0.25, 0.3) is 0 Å². The Bertz CT molecular complexity index is 334. The second-order valence-electron chi connectivity index (χ2n) is 4.26. The summed E-state index contributed by atoms with van der Waals surface area (Å²) in [5, 5.41) is 0.990. The molecule has 0 spiro atoms. The molecule has 16 heavy (non-hydrogen) atoms. The third-order valence-corrected chi connectivity index (χ3v) is 4.03. The van der Waals surface area contributed by atoms with E-state index in [-0.39, 0.29) is 5.38 Å². The summed E-state index contributed by atoms with van der Waals surface area (Å²) in [6.45, 7) is 1.69. The zero-order valence-corrected chi connectivity index (χ0v) is 10.7. The summed E-state index contributed by atoms with van der Waals surface area (Å²) in [5.41, 5.74) is 1.15.